The number of thioether (sulfide) groups is 1. The van der Waals surface area contributed by atoms with E-state index in [1.54, 1.807) is 37.0 Å². The Labute approximate surface area is 387 Å². The Morgan fingerprint density at radius 1 is 0.969 bits per heavy atom. The molecule has 6 atom stereocenters. The van der Waals surface area contributed by atoms with E-state index in [0.717, 1.165) is 53.0 Å². The second kappa shape index (κ2) is 22.5. The lowest BCUT2D eigenvalue weighted by atomic mass is 9.55. The van der Waals surface area contributed by atoms with Gasteiger partial charge in [-0.25, -0.2) is 8.42 Å². The Kier molecular flexibility index (Phi) is 16.6. The fraction of sp³-hybridized carbons (Fsp3) is 0.412. The molecule has 1 aliphatic heterocycles. The lowest BCUT2D eigenvalue weighted by molar-refractivity contribution is -0.250. The van der Waals surface area contributed by atoms with E-state index >= 15 is 0 Å². The van der Waals surface area contributed by atoms with Crippen LogP contribution in [0.3, 0.4) is 0 Å². The third kappa shape index (κ3) is 11.2. The van der Waals surface area contributed by atoms with Crippen molar-refractivity contribution in [3.8, 4) is 11.5 Å². The zero-order valence-corrected chi connectivity index (χ0v) is 38.9. The number of allylic oxidation sites excluding steroid dienone is 1. The molecule has 0 radical (unpaired) electrons. The number of carbonyl (C=O) groups excluding carboxylic acids is 1. The average molecular weight is 924 g/mol. The number of carbonyl (C=O) groups is 1. The normalized spacial score (nSPS) is 22.9. The summed E-state index contributed by atoms with van der Waals surface area (Å²) in [7, 11) is -2.68. The molecule has 0 aromatic heterocycles. The SMILES string of the molecule is C=CCO[C@@]12Oc3ccc(OCCSc4ccccc4)cc3[C@H]3[C@H](CCCCO)[C@@H](CCCCO)C=C(C(=NOCc4ccccc4)C[C@@H]1N(C)S(=O)(=O)c1ccc(NC(C)=O)cc1)[C@H]32. The highest BCUT2D eigenvalue weighted by atomic mass is 32.2. The van der Waals surface area contributed by atoms with Crippen molar-refractivity contribution in [1.29, 1.82) is 0 Å². The van der Waals surface area contributed by atoms with Crippen LogP contribution in [0.1, 0.15) is 68.9 Å². The number of sulfonamides is 1. The van der Waals surface area contributed by atoms with Gasteiger partial charge in [0.05, 0.1) is 35.8 Å². The van der Waals surface area contributed by atoms with Crippen LogP contribution in [0, 0.1) is 17.8 Å². The first-order valence-electron chi connectivity index (χ1n) is 22.5. The molecule has 0 spiro atoms. The summed E-state index contributed by atoms with van der Waals surface area (Å²) in [5.41, 5.74) is 3.80. The van der Waals surface area contributed by atoms with Crippen molar-refractivity contribution in [2.45, 2.75) is 86.0 Å². The van der Waals surface area contributed by atoms with Crippen molar-refractivity contribution in [3.63, 3.8) is 0 Å². The monoisotopic (exact) mass is 923 g/mol. The molecule has 0 bridgehead atoms. The van der Waals surface area contributed by atoms with Crippen LogP contribution < -0.4 is 14.8 Å². The molecule has 2 aliphatic carbocycles. The number of ether oxygens (including phenoxy) is 3. The molecule has 4 aromatic carbocycles. The molecule has 7 rings (SSSR count). The summed E-state index contributed by atoms with van der Waals surface area (Å²) in [6.07, 6.45) is 8.42. The van der Waals surface area contributed by atoms with Gasteiger partial charge in [0.2, 0.25) is 21.7 Å². The van der Waals surface area contributed by atoms with E-state index in [1.807, 2.05) is 60.7 Å². The maximum Gasteiger partial charge on any atom is 0.243 e. The molecule has 1 saturated carbocycles. The highest BCUT2D eigenvalue weighted by molar-refractivity contribution is 7.99. The zero-order valence-electron chi connectivity index (χ0n) is 37.2. The molecule has 0 unspecified atom stereocenters. The van der Waals surface area contributed by atoms with E-state index in [0.29, 0.717) is 42.3 Å². The van der Waals surface area contributed by atoms with E-state index in [4.69, 9.17) is 24.2 Å². The summed E-state index contributed by atoms with van der Waals surface area (Å²) in [5, 5.41) is 27.5. The number of hydrogen-bond acceptors (Lipinski definition) is 11. The maximum atomic E-state index is 14.9. The van der Waals surface area contributed by atoms with Gasteiger partial charge in [-0.2, -0.15) is 4.31 Å². The minimum atomic E-state index is -4.24. The molecule has 0 saturated heterocycles. The van der Waals surface area contributed by atoms with E-state index in [9.17, 15) is 23.4 Å². The van der Waals surface area contributed by atoms with Gasteiger partial charge in [-0.1, -0.05) is 78.7 Å². The lowest BCUT2D eigenvalue weighted by Gasteiger charge is -2.59. The predicted octanol–water partition coefficient (Wildman–Crippen LogP) is 8.97. The third-order valence-electron chi connectivity index (χ3n) is 12.5. The molecule has 1 amide bonds. The van der Waals surface area contributed by atoms with E-state index in [1.165, 1.54) is 23.4 Å². The number of hydrogen-bond donors (Lipinski definition) is 3. The fourth-order valence-electron chi connectivity index (χ4n) is 9.63. The van der Waals surface area contributed by atoms with Crippen molar-refractivity contribution in [2.24, 2.45) is 22.9 Å². The fourth-order valence-corrected chi connectivity index (χ4v) is 11.8. The summed E-state index contributed by atoms with van der Waals surface area (Å²) in [6, 6.07) is 31.0. The number of aliphatic hydroxyl groups is 2. The van der Waals surface area contributed by atoms with Crippen LogP contribution in [0.15, 0.2) is 142 Å². The van der Waals surface area contributed by atoms with Crippen molar-refractivity contribution in [1.82, 2.24) is 4.31 Å². The summed E-state index contributed by atoms with van der Waals surface area (Å²) >= 11 is 1.72. The number of rotatable bonds is 23. The van der Waals surface area contributed by atoms with Gasteiger partial charge >= 0.3 is 0 Å². The van der Waals surface area contributed by atoms with Crippen LogP contribution >= 0.6 is 11.8 Å². The molecule has 1 heterocycles. The number of oxime groups is 1. The number of benzene rings is 4. The maximum absolute atomic E-state index is 14.9. The van der Waals surface area contributed by atoms with Crippen molar-refractivity contribution >= 4 is 39.1 Å². The van der Waals surface area contributed by atoms with Crippen LogP contribution in [0.4, 0.5) is 5.69 Å². The van der Waals surface area contributed by atoms with E-state index in [2.05, 4.69) is 36.2 Å². The highest BCUT2D eigenvalue weighted by Gasteiger charge is 2.65. The topological polar surface area (TPSA) is 156 Å². The van der Waals surface area contributed by atoms with E-state index in [-0.39, 0.29) is 61.4 Å². The number of likely N-dealkylation sites (N-methyl/N-ethyl adjacent to an activating group) is 1. The molecule has 65 heavy (non-hydrogen) atoms. The number of amides is 1. The van der Waals surface area contributed by atoms with Gasteiger partial charge in [0.1, 0.15) is 18.1 Å². The zero-order chi connectivity index (χ0) is 45.8. The first-order chi connectivity index (χ1) is 31.6. The highest BCUT2D eigenvalue weighted by Crippen LogP contribution is 2.62. The number of unbranched alkanes of at least 4 members (excludes halogenated alkanes) is 2. The van der Waals surface area contributed by atoms with E-state index < -0.39 is 27.8 Å². The van der Waals surface area contributed by atoms with Crippen LogP contribution in [0.2, 0.25) is 0 Å². The average Bonchev–Trinajstić information content (AvgIpc) is 3.31. The van der Waals surface area contributed by atoms with Crippen LogP contribution in [0.25, 0.3) is 0 Å². The summed E-state index contributed by atoms with van der Waals surface area (Å²) < 4.78 is 51.9. The van der Waals surface area contributed by atoms with Crippen molar-refractivity contribution < 1.29 is 42.5 Å². The molecule has 3 aliphatic rings. The number of fused-ring (bicyclic) bond motifs is 2. The summed E-state index contributed by atoms with van der Waals surface area (Å²) in [5.74, 6) is -0.664. The van der Waals surface area contributed by atoms with Crippen LogP contribution in [-0.4, -0.2) is 85.6 Å². The van der Waals surface area contributed by atoms with Gasteiger partial charge in [-0.15, -0.1) is 18.3 Å². The second-order valence-electron chi connectivity index (χ2n) is 16.8. The molecular weight excluding hydrogens is 863 g/mol. The summed E-state index contributed by atoms with van der Waals surface area (Å²) in [6.45, 7) is 6.28. The Morgan fingerprint density at radius 3 is 2.37 bits per heavy atom. The standard InChI is InChI=1S/C51H61N3O9S2/c1-4-29-61-51-48(54(3)65(58,59)42-24-21-39(22-25-42)52-36(2)57)34-46(53-62-35-37-15-7-5-8-16-37)44-32-38(17-11-13-27-55)43(20-12-14-28-56)49(50(44)51)45-33-40(23-26-47(45)63-51)60-30-31-64-41-18-9-6-10-19-41/h4-10,15-16,18-19,21-26,32-33,38,43,48-50,55-56H,1,11-14,17,20,27-31,34-35H2,2-3H3,(H,52,57)/t38-,43+,48-,49+,50+,51+/m0/s1. The number of aliphatic hydroxyl groups excluding tert-OH is 2. The Balaban J connectivity index is 1.37. The second-order valence-corrected chi connectivity index (χ2v) is 19.9. The number of nitrogens with zero attached hydrogens (tertiary/aromatic N) is 2. The van der Waals surface area contributed by atoms with Gasteiger partial charge in [-0.3, -0.25) is 4.79 Å². The van der Waals surface area contributed by atoms with Crippen LogP contribution in [-0.2, 0) is 31.0 Å². The van der Waals surface area contributed by atoms with Gasteiger partial charge in [0.15, 0.2) is 0 Å². The van der Waals surface area contributed by atoms with Gasteiger partial charge in [0, 0.05) is 61.4 Å². The smallest absolute Gasteiger partial charge is 0.243 e. The predicted molar refractivity (Wildman–Crippen MR) is 255 cm³/mol. The Bertz CT molecular complexity index is 2380. The van der Waals surface area contributed by atoms with Crippen molar-refractivity contribution in [3.05, 3.63) is 139 Å². The van der Waals surface area contributed by atoms with Gasteiger partial charge in [0.25, 0.3) is 0 Å². The van der Waals surface area contributed by atoms with Crippen LogP contribution in [0.5, 0.6) is 11.5 Å². The molecule has 3 N–H and O–H groups in total. The Hall–Kier alpha value is -4.96. The largest absolute Gasteiger partial charge is 0.493 e. The van der Waals surface area contributed by atoms with Gasteiger partial charge in [-0.05, 0) is 103 Å². The van der Waals surface area contributed by atoms with Crippen molar-refractivity contribution in [2.75, 3.05) is 44.5 Å². The third-order valence-corrected chi connectivity index (χ3v) is 15.4. The number of nitrogens with one attached hydrogen (secondary N) is 1. The number of anilines is 1. The Morgan fingerprint density at radius 2 is 1.68 bits per heavy atom. The minimum absolute atomic E-state index is 0.000654. The van der Waals surface area contributed by atoms with Gasteiger partial charge < -0.3 is 34.6 Å². The molecule has 12 nitrogen and oxygen atoms in total. The first kappa shape index (κ1) is 48.0. The molecule has 1 fully saturated rings. The molecule has 346 valence electrons. The minimum Gasteiger partial charge on any atom is -0.493 e. The lowest BCUT2D eigenvalue weighted by Crippen LogP contribution is -2.69. The molecular formula is C51H61N3O9S2. The first-order valence-corrected chi connectivity index (χ1v) is 24.9. The summed E-state index contributed by atoms with van der Waals surface area (Å²) in [4.78, 5) is 19.2. The molecule has 14 heteroatoms. The molecule has 4 aromatic rings. The quantitative estimate of drug-likeness (QED) is 0.0284.